The van der Waals surface area contributed by atoms with Gasteiger partial charge in [-0.3, -0.25) is 4.79 Å². The van der Waals surface area contributed by atoms with Gasteiger partial charge in [-0.25, -0.2) is 9.97 Å². The summed E-state index contributed by atoms with van der Waals surface area (Å²) in [5.41, 5.74) is 7.48. The zero-order chi connectivity index (χ0) is 23.0. The van der Waals surface area contributed by atoms with Crippen molar-refractivity contribution in [2.24, 2.45) is 0 Å². The number of carbonyl (C=O) groups excluding carboxylic acids is 1. The van der Waals surface area contributed by atoms with Crippen LogP contribution >= 0.6 is 11.3 Å². The van der Waals surface area contributed by atoms with Crippen molar-refractivity contribution in [3.63, 3.8) is 0 Å². The van der Waals surface area contributed by atoms with Crippen molar-refractivity contribution in [2.45, 2.75) is 32.9 Å². The molecule has 0 aliphatic carbocycles. The first-order chi connectivity index (χ1) is 15.1. The average Bonchev–Trinajstić information content (AvgIpc) is 3.30. The number of benzene rings is 1. The Labute approximate surface area is 184 Å². The summed E-state index contributed by atoms with van der Waals surface area (Å²) < 4.78 is 40.2. The molecule has 0 radical (unpaired) electrons. The van der Waals surface area contributed by atoms with Gasteiger partial charge in [0, 0.05) is 34.4 Å². The Balaban J connectivity index is 1.45. The average molecular weight is 461 g/mol. The summed E-state index contributed by atoms with van der Waals surface area (Å²) in [6, 6.07) is 5.15. The number of nitrogens with two attached hydrogens (primary N) is 1. The maximum atomic E-state index is 12.9. The predicted molar refractivity (Wildman–Crippen MR) is 113 cm³/mol. The first-order valence-corrected chi connectivity index (χ1v) is 10.3. The Kier molecular flexibility index (Phi) is 5.55. The molecule has 0 fully saturated rings. The highest BCUT2D eigenvalue weighted by Gasteiger charge is 2.30. The van der Waals surface area contributed by atoms with Crippen LogP contribution < -0.4 is 11.1 Å². The summed E-state index contributed by atoms with van der Waals surface area (Å²) in [6.07, 6.45) is -2.52. The minimum atomic E-state index is -4.39. The molecule has 166 valence electrons. The van der Waals surface area contributed by atoms with Crippen LogP contribution in [0.2, 0.25) is 0 Å². The van der Waals surface area contributed by atoms with E-state index in [1.54, 1.807) is 26.1 Å². The number of nitrogens with one attached hydrogen (secondary N) is 1. The number of hydrogen-bond donors (Lipinski definition) is 2. The molecule has 0 unspecified atom stereocenters. The molecule has 3 heterocycles. The summed E-state index contributed by atoms with van der Waals surface area (Å²) >= 11 is 1.21. The van der Waals surface area contributed by atoms with Crippen molar-refractivity contribution in [1.82, 2.24) is 24.6 Å². The second kappa shape index (κ2) is 8.19. The predicted octanol–water partition coefficient (Wildman–Crippen LogP) is 3.57. The zero-order valence-electron chi connectivity index (χ0n) is 17.1. The van der Waals surface area contributed by atoms with Crippen LogP contribution in [0.5, 0.6) is 0 Å². The lowest BCUT2D eigenvalue weighted by Gasteiger charge is -2.09. The molecule has 0 atom stereocenters. The number of nitrogen functional groups attached to an aromatic ring is 1. The van der Waals surface area contributed by atoms with Crippen LogP contribution in [0.25, 0.3) is 5.78 Å². The number of amides is 1. The number of thiazole rings is 1. The third kappa shape index (κ3) is 4.54. The molecule has 0 bridgehead atoms. The molecule has 4 rings (SSSR count). The number of alkyl halides is 3. The van der Waals surface area contributed by atoms with Crippen LogP contribution in [0.3, 0.4) is 0 Å². The molecule has 3 N–H and O–H groups in total. The first kappa shape index (κ1) is 21.7. The summed E-state index contributed by atoms with van der Waals surface area (Å²) in [5, 5.41) is 7.18. The van der Waals surface area contributed by atoms with Crippen LogP contribution in [0.4, 0.5) is 24.3 Å². The fraction of sp³-hybridized carbons (Fsp3) is 0.250. The molecule has 1 amide bonds. The quantitative estimate of drug-likeness (QED) is 0.470. The Morgan fingerprint density at radius 1 is 1.25 bits per heavy atom. The maximum Gasteiger partial charge on any atom is 0.416 e. The number of aromatic nitrogens is 5. The molecular formula is C20H18F3N7OS. The van der Waals surface area contributed by atoms with Gasteiger partial charge in [0.25, 0.3) is 5.78 Å². The van der Waals surface area contributed by atoms with E-state index in [1.807, 2.05) is 0 Å². The van der Waals surface area contributed by atoms with Crippen LogP contribution in [0.1, 0.15) is 33.0 Å². The number of carbonyl (C=O) groups is 1. The van der Waals surface area contributed by atoms with Gasteiger partial charge in [-0.1, -0.05) is 18.2 Å². The third-order valence-corrected chi connectivity index (χ3v) is 5.75. The van der Waals surface area contributed by atoms with Crippen molar-refractivity contribution in [3.05, 3.63) is 63.4 Å². The monoisotopic (exact) mass is 461 g/mol. The van der Waals surface area contributed by atoms with E-state index < -0.39 is 11.7 Å². The number of aryl methyl sites for hydroxylation is 2. The molecule has 0 saturated heterocycles. The Hall–Kier alpha value is -3.54. The number of anilines is 2. The van der Waals surface area contributed by atoms with E-state index in [9.17, 15) is 18.0 Å². The van der Waals surface area contributed by atoms with Gasteiger partial charge in [0.15, 0.2) is 5.13 Å². The molecule has 0 saturated carbocycles. The number of hydrogen-bond acceptors (Lipinski definition) is 7. The van der Waals surface area contributed by atoms with E-state index in [-0.39, 0.29) is 24.7 Å². The highest BCUT2D eigenvalue weighted by Crippen LogP contribution is 2.30. The van der Waals surface area contributed by atoms with E-state index in [0.717, 1.165) is 17.0 Å². The van der Waals surface area contributed by atoms with Crippen LogP contribution in [-0.4, -0.2) is 30.5 Å². The second-order valence-electron chi connectivity index (χ2n) is 7.17. The van der Waals surface area contributed by atoms with Gasteiger partial charge in [-0.05, 0) is 25.5 Å². The summed E-state index contributed by atoms with van der Waals surface area (Å²) in [4.78, 5) is 25.8. The summed E-state index contributed by atoms with van der Waals surface area (Å²) in [6.45, 7) is 3.58. The van der Waals surface area contributed by atoms with E-state index >= 15 is 0 Å². The van der Waals surface area contributed by atoms with E-state index in [4.69, 9.17) is 5.73 Å². The molecule has 0 aliphatic heterocycles. The highest BCUT2D eigenvalue weighted by molar-refractivity contribution is 7.15. The van der Waals surface area contributed by atoms with Crippen LogP contribution in [0.15, 0.2) is 30.5 Å². The largest absolute Gasteiger partial charge is 0.416 e. The lowest BCUT2D eigenvalue weighted by atomic mass is 10.1. The molecule has 8 nitrogen and oxygen atoms in total. The fourth-order valence-electron chi connectivity index (χ4n) is 3.31. The Morgan fingerprint density at radius 3 is 2.78 bits per heavy atom. The molecular weight excluding hydrogens is 443 g/mol. The van der Waals surface area contributed by atoms with Gasteiger partial charge in [-0.15, -0.1) is 16.4 Å². The normalized spacial score (nSPS) is 11.8. The van der Waals surface area contributed by atoms with Crippen molar-refractivity contribution in [3.8, 4) is 0 Å². The SMILES string of the molecule is Cc1nc2nc(N)nn2c(C)c1CC(=O)Nc1ncc(Cc2cccc(C(F)(F)F)c2)s1. The second-order valence-corrected chi connectivity index (χ2v) is 8.29. The third-order valence-electron chi connectivity index (χ3n) is 4.84. The topological polar surface area (TPSA) is 111 Å². The molecule has 32 heavy (non-hydrogen) atoms. The molecule has 1 aromatic carbocycles. The van der Waals surface area contributed by atoms with Crippen molar-refractivity contribution < 1.29 is 18.0 Å². The summed E-state index contributed by atoms with van der Waals surface area (Å²) in [5.74, 6) is 0.156. The standard InChI is InChI=1S/C20H18F3N7OS/c1-10-15(11(2)30-18(26-10)28-17(24)29-30)8-16(31)27-19-25-9-14(32-19)7-12-4-3-5-13(6-12)20(21,22)23/h3-6,9H,7-8H2,1-2H3,(H2,24,29)(H,25,27,31). The van der Waals surface area contributed by atoms with Gasteiger partial charge in [-0.2, -0.15) is 22.7 Å². The first-order valence-electron chi connectivity index (χ1n) is 9.49. The maximum absolute atomic E-state index is 12.9. The van der Waals surface area contributed by atoms with Crippen LogP contribution in [0, 0.1) is 13.8 Å². The number of rotatable bonds is 5. The number of halogens is 3. The molecule has 12 heteroatoms. The molecule has 4 aromatic rings. The highest BCUT2D eigenvalue weighted by atomic mass is 32.1. The number of nitrogens with zero attached hydrogens (tertiary/aromatic N) is 5. The Bertz CT molecular complexity index is 1310. The van der Waals surface area contributed by atoms with Crippen molar-refractivity contribution in [2.75, 3.05) is 11.1 Å². The van der Waals surface area contributed by atoms with Crippen LogP contribution in [-0.2, 0) is 23.8 Å². The van der Waals surface area contributed by atoms with E-state index in [0.29, 0.717) is 33.4 Å². The molecule has 0 spiro atoms. The van der Waals surface area contributed by atoms with Crippen molar-refractivity contribution in [1.29, 1.82) is 0 Å². The lowest BCUT2D eigenvalue weighted by Crippen LogP contribution is -2.17. The van der Waals surface area contributed by atoms with Gasteiger partial charge >= 0.3 is 6.18 Å². The minimum Gasteiger partial charge on any atom is -0.366 e. The molecule has 3 aromatic heterocycles. The van der Waals surface area contributed by atoms with Crippen molar-refractivity contribution >= 4 is 34.1 Å². The van der Waals surface area contributed by atoms with Gasteiger partial charge < -0.3 is 11.1 Å². The molecule has 0 aliphatic rings. The van der Waals surface area contributed by atoms with Gasteiger partial charge in [0.05, 0.1) is 12.0 Å². The minimum absolute atomic E-state index is 0.0446. The lowest BCUT2D eigenvalue weighted by molar-refractivity contribution is -0.137. The fourth-order valence-corrected chi connectivity index (χ4v) is 4.17. The number of fused-ring (bicyclic) bond motifs is 1. The summed E-state index contributed by atoms with van der Waals surface area (Å²) in [7, 11) is 0. The van der Waals surface area contributed by atoms with Gasteiger partial charge in [0.1, 0.15) is 0 Å². The van der Waals surface area contributed by atoms with E-state index in [2.05, 4.69) is 25.4 Å². The smallest absolute Gasteiger partial charge is 0.366 e. The Morgan fingerprint density at radius 2 is 2.03 bits per heavy atom. The van der Waals surface area contributed by atoms with Gasteiger partial charge in [0.2, 0.25) is 11.9 Å². The van der Waals surface area contributed by atoms with E-state index in [1.165, 1.54) is 21.9 Å². The zero-order valence-corrected chi connectivity index (χ0v) is 17.9.